The van der Waals surface area contributed by atoms with Crippen molar-refractivity contribution in [2.24, 2.45) is 10.8 Å². The number of allylic oxidation sites excluding steroid dienone is 2. The molecule has 3 nitrogen and oxygen atoms in total. The average molecular weight is 162 g/mol. The molecule has 12 heavy (non-hydrogen) atoms. The SMILES string of the molecule is O=C1OC(=O)C23C=CC=CC12C3. The van der Waals surface area contributed by atoms with Crippen molar-refractivity contribution in [3.8, 4) is 0 Å². The van der Waals surface area contributed by atoms with Gasteiger partial charge in [-0.3, -0.25) is 9.59 Å². The minimum Gasteiger partial charge on any atom is -0.392 e. The van der Waals surface area contributed by atoms with E-state index in [9.17, 15) is 9.59 Å². The summed E-state index contributed by atoms with van der Waals surface area (Å²) < 4.78 is 4.57. The van der Waals surface area contributed by atoms with Crippen LogP contribution in [0.25, 0.3) is 0 Å². The average Bonchev–Trinajstić information content (AvgIpc) is 2.69. The van der Waals surface area contributed by atoms with Crippen molar-refractivity contribution in [2.45, 2.75) is 6.42 Å². The van der Waals surface area contributed by atoms with Gasteiger partial charge in [0.1, 0.15) is 10.8 Å². The number of esters is 2. The Morgan fingerprint density at radius 3 is 2.08 bits per heavy atom. The maximum Gasteiger partial charge on any atom is 0.325 e. The second kappa shape index (κ2) is 1.40. The molecule has 2 unspecified atom stereocenters. The Labute approximate surface area is 68.7 Å². The van der Waals surface area contributed by atoms with Crippen molar-refractivity contribution < 1.29 is 14.3 Å². The third-order valence-corrected chi connectivity index (χ3v) is 3.02. The normalized spacial score (nSPS) is 47.0. The Balaban J connectivity index is 2.24. The summed E-state index contributed by atoms with van der Waals surface area (Å²) in [5.41, 5.74) is -1.22. The van der Waals surface area contributed by atoms with Gasteiger partial charge in [-0.15, -0.1) is 0 Å². The van der Waals surface area contributed by atoms with E-state index >= 15 is 0 Å². The molecule has 0 N–H and O–H groups in total. The summed E-state index contributed by atoms with van der Waals surface area (Å²) in [6, 6.07) is 0. The van der Waals surface area contributed by atoms with Crippen LogP contribution >= 0.6 is 0 Å². The first-order valence-corrected chi connectivity index (χ1v) is 3.85. The summed E-state index contributed by atoms with van der Waals surface area (Å²) >= 11 is 0. The van der Waals surface area contributed by atoms with Crippen molar-refractivity contribution in [1.29, 1.82) is 0 Å². The smallest absolute Gasteiger partial charge is 0.325 e. The van der Waals surface area contributed by atoms with Gasteiger partial charge in [0.25, 0.3) is 0 Å². The molecule has 1 saturated carbocycles. The summed E-state index contributed by atoms with van der Waals surface area (Å²) in [6.45, 7) is 0. The lowest BCUT2D eigenvalue weighted by molar-refractivity contribution is -0.157. The molecule has 60 valence electrons. The van der Waals surface area contributed by atoms with E-state index in [1.54, 1.807) is 24.3 Å². The van der Waals surface area contributed by atoms with Crippen LogP contribution in [0.1, 0.15) is 6.42 Å². The van der Waals surface area contributed by atoms with Crippen LogP contribution in [0.5, 0.6) is 0 Å². The summed E-state index contributed by atoms with van der Waals surface area (Å²) in [4.78, 5) is 22.5. The second-order valence-electron chi connectivity index (χ2n) is 3.51. The van der Waals surface area contributed by atoms with Gasteiger partial charge in [-0.25, -0.2) is 0 Å². The van der Waals surface area contributed by atoms with Gasteiger partial charge in [0.05, 0.1) is 0 Å². The zero-order chi connectivity index (χ0) is 8.40. The number of carbonyl (C=O) groups excluding carboxylic acids is 2. The summed E-state index contributed by atoms with van der Waals surface area (Å²) in [6.07, 6.45) is 7.75. The highest BCUT2D eigenvalue weighted by Gasteiger charge is 2.80. The zero-order valence-electron chi connectivity index (χ0n) is 6.24. The van der Waals surface area contributed by atoms with Crippen LogP contribution in [0, 0.1) is 10.8 Å². The van der Waals surface area contributed by atoms with Crippen LogP contribution in [0.2, 0.25) is 0 Å². The number of rotatable bonds is 0. The zero-order valence-corrected chi connectivity index (χ0v) is 6.24. The standard InChI is InChI=1S/C9H6O3/c10-6-8-3-1-2-4-9(8,5-8)7(11)12-6/h1-4H,5H2. The Morgan fingerprint density at radius 2 is 1.58 bits per heavy atom. The van der Waals surface area contributed by atoms with Crippen LogP contribution in [-0.2, 0) is 14.3 Å². The Bertz CT molecular complexity index is 332. The molecule has 0 spiro atoms. The van der Waals surface area contributed by atoms with Crippen molar-refractivity contribution >= 4 is 11.9 Å². The molecule has 2 aliphatic carbocycles. The predicted octanol–water partition coefficient (Wildman–Crippen LogP) is 0.572. The fourth-order valence-electron chi connectivity index (χ4n) is 2.16. The van der Waals surface area contributed by atoms with E-state index in [4.69, 9.17) is 0 Å². The summed E-state index contributed by atoms with van der Waals surface area (Å²) in [5.74, 6) is -0.763. The summed E-state index contributed by atoms with van der Waals surface area (Å²) in [5, 5.41) is 0. The molecular formula is C9H6O3. The quantitative estimate of drug-likeness (QED) is 0.386. The lowest BCUT2D eigenvalue weighted by atomic mass is 9.91. The molecule has 3 heteroatoms. The highest BCUT2D eigenvalue weighted by molar-refractivity contribution is 6.10. The molecule has 0 bridgehead atoms. The lowest BCUT2D eigenvalue weighted by Crippen LogP contribution is -2.14. The summed E-state index contributed by atoms with van der Waals surface area (Å²) in [7, 11) is 0. The molecular weight excluding hydrogens is 156 g/mol. The first kappa shape index (κ1) is 6.17. The monoisotopic (exact) mass is 162 g/mol. The molecule has 1 saturated heterocycles. The first-order chi connectivity index (χ1) is 5.71. The molecule has 2 atom stereocenters. The van der Waals surface area contributed by atoms with E-state index in [2.05, 4.69) is 4.74 Å². The topological polar surface area (TPSA) is 43.4 Å². The third-order valence-electron chi connectivity index (χ3n) is 3.02. The van der Waals surface area contributed by atoms with E-state index < -0.39 is 10.8 Å². The maximum atomic E-state index is 11.2. The van der Waals surface area contributed by atoms with E-state index in [0.29, 0.717) is 6.42 Å². The first-order valence-electron chi connectivity index (χ1n) is 3.85. The second-order valence-corrected chi connectivity index (χ2v) is 3.51. The van der Waals surface area contributed by atoms with Gasteiger partial charge in [-0.1, -0.05) is 24.3 Å². The Morgan fingerprint density at radius 1 is 1.08 bits per heavy atom. The van der Waals surface area contributed by atoms with Crippen LogP contribution < -0.4 is 0 Å². The van der Waals surface area contributed by atoms with Crippen LogP contribution in [0.4, 0.5) is 0 Å². The van der Waals surface area contributed by atoms with Gasteiger partial charge in [0, 0.05) is 0 Å². The van der Waals surface area contributed by atoms with Crippen molar-refractivity contribution in [1.82, 2.24) is 0 Å². The number of hydrogen-bond donors (Lipinski definition) is 0. The molecule has 0 radical (unpaired) electrons. The maximum absolute atomic E-state index is 11.2. The number of hydrogen-bond acceptors (Lipinski definition) is 3. The van der Waals surface area contributed by atoms with Gasteiger partial charge in [0.15, 0.2) is 0 Å². The highest BCUT2D eigenvalue weighted by atomic mass is 16.6. The van der Waals surface area contributed by atoms with Gasteiger partial charge in [-0.2, -0.15) is 0 Å². The largest absolute Gasteiger partial charge is 0.392 e. The van der Waals surface area contributed by atoms with Crippen LogP contribution in [0.15, 0.2) is 24.3 Å². The van der Waals surface area contributed by atoms with Crippen molar-refractivity contribution in [3.63, 3.8) is 0 Å². The van der Waals surface area contributed by atoms with Crippen molar-refractivity contribution in [3.05, 3.63) is 24.3 Å². The van der Waals surface area contributed by atoms with Gasteiger partial charge >= 0.3 is 11.9 Å². The minimum atomic E-state index is -0.612. The van der Waals surface area contributed by atoms with E-state index in [1.807, 2.05) is 0 Å². The Kier molecular flexibility index (Phi) is 0.718. The number of ether oxygens (including phenoxy) is 1. The van der Waals surface area contributed by atoms with Gasteiger partial charge < -0.3 is 4.74 Å². The molecule has 0 aromatic rings. The van der Waals surface area contributed by atoms with Crippen LogP contribution in [-0.4, -0.2) is 11.9 Å². The fraction of sp³-hybridized carbons (Fsp3) is 0.333. The van der Waals surface area contributed by atoms with E-state index in [0.717, 1.165) is 0 Å². The van der Waals surface area contributed by atoms with E-state index in [1.165, 1.54) is 0 Å². The van der Waals surface area contributed by atoms with Gasteiger partial charge in [0.2, 0.25) is 0 Å². The highest BCUT2D eigenvalue weighted by Crippen LogP contribution is 2.71. The molecule has 1 heterocycles. The van der Waals surface area contributed by atoms with Gasteiger partial charge in [-0.05, 0) is 6.42 Å². The van der Waals surface area contributed by atoms with Crippen LogP contribution in [0.3, 0.4) is 0 Å². The molecule has 3 rings (SSSR count). The molecule has 3 aliphatic rings. The number of cyclic esters (lactones) is 2. The minimum absolute atomic E-state index is 0.381. The van der Waals surface area contributed by atoms with E-state index in [-0.39, 0.29) is 11.9 Å². The molecule has 0 aromatic heterocycles. The molecule has 0 amide bonds. The molecule has 2 fully saturated rings. The predicted molar refractivity (Wildman–Crippen MR) is 38.9 cm³/mol. The molecule has 1 aliphatic heterocycles. The van der Waals surface area contributed by atoms with Crippen molar-refractivity contribution in [2.75, 3.05) is 0 Å². The number of carbonyl (C=O) groups is 2. The third kappa shape index (κ3) is 0.373. The molecule has 0 aromatic carbocycles. The Hall–Kier alpha value is -1.38. The fourth-order valence-corrected chi connectivity index (χ4v) is 2.16. The lowest BCUT2D eigenvalue weighted by Gasteiger charge is -2.05.